The Hall–Kier alpha value is -1.74. The van der Waals surface area contributed by atoms with Gasteiger partial charge in [-0.3, -0.25) is 0 Å². The second kappa shape index (κ2) is 5.27. The molecule has 0 spiro atoms. The first-order valence-corrected chi connectivity index (χ1v) is 5.17. The molecule has 0 amide bonds. The van der Waals surface area contributed by atoms with Crippen molar-refractivity contribution in [1.29, 1.82) is 5.26 Å². The number of hydrogen-bond acceptors (Lipinski definition) is 3. The van der Waals surface area contributed by atoms with E-state index in [4.69, 9.17) is 16.9 Å². The van der Waals surface area contributed by atoms with Crippen LogP contribution in [-0.2, 0) is 10.9 Å². The number of carbonyl (C=O) groups is 1. The first-order valence-electron chi connectivity index (χ1n) is 4.79. The van der Waals surface area contributed by atoms with Crippen LogP contribution in [0.2, 0.25) is 5.02 Å². The Morgan fingerprint density at radius 3 is 2.56 bits per heavy atom. The van der Waals surface area contributed by atoms with Gasteiger partial charge >= 0.3 is 12.1 Å². The van der Waals surface area contributed by atoms with Crippen LogP contribution in [0.1, 0.15) is 28.4 Å². The Labute approximate surface area is 106 Å². The molecule has 0 aliphatic rings. The Balaban J connectivity index is 3.39. The van der Waals surface area contributed by atoms with Crippen LogP contribution in [0.4, 0.5) is 13.2 Å². The fraction of sp³-hybridized carbons (Fsp3) is 0.273. The van der Waals surface area contributed by atoms with Gasteiger partial charge < -0.3 is 4.74 Å². The first kappa shape index (κ1) is 14.3. The van der Waals surface area contributed by atoms with E-state index < -0.39 is 28.3 Å². The van der Waals surface area contributed by atoms with E-state index in [-0.39, 0.29) is 12.2 Å². The zero-order valence-corrected chi connectivity index (χ0v) is 9.89. The van der Waals surface area contributed by atoms with Gasteiger partial charge in [-0.1, -0.05) is 11.6 Å². The van der Waals surface area contributed by atoms with Gasteiger partial charge in [-0.05, 0) is 19.1 Å². The number of esters is 1. The van der Waals surface area contributed by atoms with Crippen LogP contribution in [0, 0.1) is 11.3 Å². The van der Waals surface area contributed by atoms with Crippen LogP contribution >= 0.6 is 11.6 Å². The maximum atomic E-state index is 12.5. The molecule has 1 rings (SSSR count). The number of rotatable bonds is 2. The molecule has 0 saturated carbocycles. The van der Waals surface area contributed by atoms with E-state index in [0.29, 0.717) is 12.1 Å². The monoisotopic (exact) mass is 277 g/mol. The molecule has 0 aliphatic heterocycles. The van der Waals surface area contributed by atoms with E-state index in [2.05, 4.69) is 4.74 Å². The predicted molar refractivity (Wildman–Crippen MR) is 57.1 cm³/mol. The molecule has 0 bridgehead atoms. The summed E-state index contributed by atoms with van der Waals surface area (Å²) in [6, 6.07) is 2.66. The van der Waals surface area contributed by atoms with Gasteiger partial charge in [0.2, 0.25) is 0 Å². The normalized spacial score (nSPS) is 10.9. The van der Waals surface area contributed by atoms with E-state index in [0.717, 1.165) is 0 Å². The molecule has 0 aromatic heterocycles. The minimum Gasteiger partial charge on any atom is -0.462 e. The fourth-order valence-corrected chi connectivity index (χ4v) is 1.57. The maximum Gasteiger partial charge on any atom is 0.416 e. The smallest absolute Gasteiger partial charge is 0.416 e. The molecular formula is C11H7ClF3NO2. The second-order valence-corrected chi connectivity index (χ2v) is 3.62. The summed E-state index contributed by atoms with van der Waals surface area (Å²) in [5.74, 6) is -0.923. The molecule has 0 unspecified atom stereocenters. The minimum atomic E-state index is -4.64. The number of ether oxygens (including phenoxy) is 1. The van der Waals surface area contributed by atoms with Crippen molar-refractivity contribution < 1.29 is 22.7 Å². The van der Waals surface area contributed by atoms with E-state index in [1.165, 1.54) is 13.0 Å². The lowest BCUT2D eigenvalue weighted by atomic mass is 10.0. The van der Waals surface area contributed by atoms with Crippen LogP contribution in [0.15, 0.2) is 12.1 Å². The molecule has 1 aromatic rings. The van der Waals surface area contributed by atoms with Crippen LogP contribution in [-0.4, -0.2) is 12.6 Å². The Kier molecular flexibility index (Phi) is 4.19. The summed E-state index contributed by atoms with van der Waals surface area (Å²) in [7, 11) is 0. The third-order valence-corrected chi connectivity index (χ3v) is 2.32. The number of benzene rings is 1. The highest BCUT2D eigenvalue weighted by Gasteiger charge is 2.33. The van der Waals surface area contributed by atoms with Crippen molar-refractivity contribution in [3.8, 4) is 6.07 Å². The highest BCUT2D eigenvalue weighted by molar-refractivity contribution is 6.34. The van der Waals surface area contributed by atoms with Crippen molar-refractivity contribution in [3.63, 3.8) is 0 Å². The van der Waals surface area contributed by atoms with Gasteiger partial charge in [0.1, 0.15) is 6.07 Å². The third-order valence-electron chi connectivity index (χ3n) is 2.02. The molecule has 18 heavy (non-hydrogen) atoms. The third kappa shape index (κ3) is 2.93. The summed E-state index contributed by atoms with van der Waals surface area (Å²) >= 11 is 5.60. The largest absolute Gasteiger partial charge is 0.462 e. The number of nitrogens with zero attached hydrogens (tertiary/aromatic N) is 1. The summed E-state index contributed by atoms with van der Waals surface area (Å²) in [4.78, 5) is 11.5. The van der Waals surface area contributed by atoms with Crippen molar-refractivity contribution in [2.75, 3.05) is 6.61 Å². The average Bonchev–Trinajstić information content (AvgIpc) is 2.26. The highest BCUT2D eigenvalue weighted by atomic mass is 35.5. The number of hydrogen-bond donors (Lipinski definition) is 0. The fourth-order valence-electron chi connectivity index (χ4n) is 1.27. The lowest BCUT2D eigenvalue weighted by Crippen LogP contribution is -2.11. The van der Waals surface area contributed by atoms with Gasteiger partial charge in [0.05, 0.1) is 28.3 Å². The Morgan fingerprint density at radius 2 is 2.11 bits per heavy atom. The van der Waals surface area contributed by atoms with E-state index in [1.807, 2.05) is 0 Å². The van der Waals surface area contributed by atoms with Gasteiger partial charge in [0.25, 0.3) is 0 Å². The summed E-state index contributed by atoms with van der Waals surface area (Å²) in [5.41, 5.74) is -1.90. The molecule has 7 heteroatoms. The van der Waals surface area contributed by atoms with Crippen LogP contribution in [0.3, 0.4) is 0 Å². The summed E-state index contributed by atoms with van der Waals surface area (Å²) in [5, 5.41) is 8.31. The lowest BCUT2D eigenvalue weighted by molar-refractivity contribution is -0.137. The molecule has 3 nitrogen and oxygen atoms in total. The molecule has 96 valence electrons. The van der Waals surface area contributed by atoms with E-state index in [9.17, 15) is 18.0 Å². The molecule has 0 atom stereocenters. The molecule has 0 aliphatic carbocycles. The van der Waals surface area contributed by atoms with Gasteiger partial charge in [0, 0.05) is 0 Å². The molecule has 0 heterocycles. The highest BCUT2D eigenvalue weighted by Crippen LogP contribution is 2.34. The topological polar surface area (TPSA) is 50.1 Å². The summed E-state index contributed by atoms with van der Waals surface area (Å²) in [6.45, 7) is 1.56. The van der Waals surface area contributed by atoms with Crippen molar-refractivity contribution in [2.45, 2.75) is 13.1 Å². The quantitative estimate of drug-likeness (QED) is 0.778. The molecule has 0 fully saturated rings. The van der Waals surface area contributed by atoms with Crippen molar-refractivity contribution in [3.05, 3.63) is 33.8 Å². The van der Waals surface area contributed by atoms with Crippen molar-refractivity contribution in [2.24, 2.45) is 0 Å². The van der Waals surface area contributed by atoms with Crippen LogP contribution in [0.5, 0.6) is 0 Å². The minimum absolute atomic E-state index is 0.0288. The first-order chi connectivity index (χ1) is 8.31. The van der Waals surface area contributed by atoms with E-state index >= 15 is 0 Å². The molecular weight excluding hydrogens is 271 g/mol. The average molecular weight is 278 g/mol. The summed E-state index contributed by atoms with van der Waals surface area (Å²) in [6.07, 6.45) is -4.64. The van der Waals surface area contributed by atoms with Gasteiger partial charge in [-0.15, -0.1) is 0 Å². The van der Waals surface area contributed by atoms with Gasteiger partial charge in [-0.25, -0.2) is 4.79 Å². The predicted octanol–water partition coefficient (Wildman–Crippen LogP) is 3.41. The molecule has 1 aromatic carbocycles. The Bertz CT molecular complexity index is 520. The maximum absolute atomic E-state index is 12.5. The van der Waals surface area contributed by atoms with Gasteiger partial charge in [0.15, 0.2) is 0 Å². The molecule has 0 radical (unpaired) electrons. The summed E-state index contributed by atoms with van der Waals surface area (Å²) < 4.78 is 42.1. The lowest BCUT2D eigenvalue weighted by Gasteiger charge is -2.11. The SMILES string of the molecule is CCOC(=O)c1c(Cl)cc(C(F)(F)F)cc1C#N. The van der Waals surface area contributed by atoms with Crippen molar-refractivity contribution in [1.82, 2.24) is 0 Å². The van der Waals surface area contributed by atoms with Gasteiger partial charge in [-0.2, -0.15) is 18.4 Å². The van der Waals surface area contributed by atoms with Crippen LogP contribution in [0.25, 0.3) is 0 Å². The molecule has 0 N–H and O–H groups in total. The zero-order valence-electron chi connectivity index (χ0n) is 9.14. The van der Waals surface area contributed by atoms with Crippen LogP contribution < -0.4 is 0 Å². The number of alkyl halides is 3. The number of nitriles is 1. The Morgan fingerprint density at radius 1 is 1.50 bits per heavy atom. The second-order valence-electron chi connectivity index (χ2n) is 3.21. The molecule has 0 saturated heterocycles. The van der Waals surface area contributed by atoms with Crippen molar-refractivity contribution >= 4 is 17.6 Å². The number of carbonyl (C=O) groups excluding carboxylic acids is 1. The number of halogens is 4. The zero-order chi connectivity index (χ0) is 13.9. The van der Waals surface area contributed by atoms with E-state index in [1.54, 1.807) is 0 Å². The standard InChI is InChI=1S/C11H7ClF3NO2/c1-2-18-10(17)9-6(5-16)3-7(4-8(9)12)11(13,14)15/h3-4H,2H2,1H3.